The molecule has 0 aliphatic heterocycles. The molecule has 0 aromatic heterocycles. The highest BCUT2D eigenvalue weighted by atomic mass is 16.5. The normalized spacial score (nSPS) is 14.2. The summed E-state index contributed by atoms with van der Waals surface area (Å²) in [5, 5.41) is 10.6. The van der Waals surface area contributed by atoms with Gasteiger partial charge in [0.1, 0.15) is 0 Å². The summed E-state index contributed by atoms with van der Waals surface area (Å²) in [7, 11) is 0. The number of hydrogen-bond donors (Lipinski definition) is 3. The first-order valence-corrected chi connectivity index (χ1v) is 4.37. The molecule has 14 heavy (non-hydrogen) atoms. The maximum absolute atomic E-state index is 11.0. The molecule has 1 unspecified atom stereocenters. The molecule has 82 valence electrons. The van der Waals surface area contributed by atoms with Gasteiger partial charge in [-0.15, -0.1) is 0 Å². The number of alkyl carbamates (subject to hydrolysis) is 1. The van der Waals surface area contributed by atoms with E-state index in [0.717, 1.165) is 12.8 Å². The Morgan fingerprint density at radius 2 is 2.14 bits per heavy atom. The van der Waals surface area contributed by atoms with Crippen molar-refractivity contribution < 1.29 is 19.4 Å². The smallest absolute Gasteiger partial charge is 0.409 e. The zero-order valence-electron chi connectivity index (χ0n) is 8.37. The number of carboxylic acids is 1. The highest BCUT2D eigenvalue weighted by molar-refractivity contribution is 5.83. The molecule has 4 N–H and O–H groups in total. The van der Waals surface area contributed by atoms with Gasteiger partial charge in [-0.25, -0.2) is 9.59 Å². The second-order valence-electron chi connectivity index (χ2n) is 3.12. The summed E-state index contributed by atoms with van der Waals surface area (Å²) in [4.78, 5) is 21.5. The van der Waals surface area contributed by atoms with Gasteiger partial charge in [0, 0.05) is 0 Å². The molecule has 6 nitrogen and oxygen atoms in total. The molecule has 0 aromatic carbocycles. The molecule has 0 aliphatic rings. The Morgan fingerprint density at radius 1 is 1.57 bits per heavy atom. The first-order chi connectivity index (χ1) is 6.40. The fraction of sp³-hybridized carbons (Fsp3) is 0.750. The van der Waals surface area contributed by atoms with Crippen LogP contribution in [0.25, 0.3) is 0 Å². The zero-order valence-corrected chi connectivity index (χ0v) is 8.37. The first kappa shape index (κ1) is 12.7. The summed E-state index contributed by atoms with van der Waals surface area (Å²) in [6, 6.07) is 0. The molecule has 0 aromatic rings. The highest BCUT2D eigenvalue weighted by Gasteiger charge is 2.30. The van der Waals surface area contributed by atoms with E-state index in [9.17, 15) is 9.59 Å². The van der Waals surface area contributed by atoms with Gasteiger partial charge in [-0.05, 0) is 13.3 Å². The van der Waals surface area contributed by atoms with Gasteiger partial charge in [0.15, 0.2) is 5.66 Å². The van der Waals surface area contributed by atoms with Crippen molar-refractivity contribution in [3.8, 4) is 0 Å². The number of carboxylic acid groups (broad SMARTS) is 1. The molecular weight excluding hydrogens is 188 g/mol. The Labute approximate surface area is 82.4 Å². The Morgan fingerprint density at radius 3 is 2.57 bits per heavy atom. The third kappa shape index (κ3) is 4.66. The van der Waals surface area contributed by atoms with Crippen LogP contribution in [0, 0.1) is 0 Å². The number of unbranched alkanes of at least 4 members (excludes halogenated alkanes) is 1. The van der Waals surface area contributed by atoms with E-state index in [1.54, 1.807) is 0 Å². The second kappa shape index (κ2) is 5.43. The van der Waals surface area contributed by atoms with Crippen LogP contribution in [0.3, 0.4) is 0 Å². The predicted octanol–water partition coefficient (Wildman–Crippen LogP) is 0.272. The van der Waals surface area contributed by atoms with Gasteiger partial charge in [-0.3, -0.25) is 11.1 Å². The molecule has 0 heterocycles. The van der Waals surface area contributed by atoms with Gasteiger partial charge < -0.3 is 9.84 Å². The SMILES string of the molecule is CCCCOC(=O)NC(C)(N)C(=O)O. The largest absolute Gasteiger partial charge is 0.479 e. The Bertz CT molecular complexity index is 215. The quantitative estimate of drug-likeness (QED) is 0.440. The standard InChI is InChI=1S/C8H16N2O4/c1-3-4-5-14-7(13)10-8(2,9)6(11)12/h3-5,9H2,1-2H3,(H,10,13)(H,11,12). The van der Waals surface area contributed by atoms with Crippen molar-refractivity contribution in [1.82, 2.24) is 5.32 Å². The van der Waals surface area contributed by atoms with E-state index >= 15 is 0 Å². The zero-order chi connectivity index (χ0) is 11.2. The van der Waals surface area contributed by atoms with Gasteiger partial charge >= 0.3 is 12.1 Å². The van der Waals surface area contributed by atoms with Gasteiger partial charge in [0.25, 0.3) is 0 Å². The summed E-state index contributed by atoms with van der Waals surface area (Å²) in [5.74, 6) is -1.31. The van der Waals surface area contributed by atoms with E-state index in [1.807, 2.05) is 12.2 Å². The molecule has 1 atom stereocenters. The number of ether oxygens (including phenoxy) is 1. The number of hydrogen-bond acceptors (Lipinski definition) is 4. The van der Waals surface area contributed by atoms with E-state index in [0.29, 0.717) is 0 Å². The summed E-state index contributed by atoms with van der Waals surface area (Å²) in [6.45, 7) is 3.39. The maximum atomic E-state index is 11.0. The number of rotatable bonds is 5. The minimum absolute atomic E-state index is 0.262. The minimum atomic E-state index is -1.79. The Kier molecular flexibility index (Phi) is 4.93. The summed E-state index contributed by atoms with van der Waals surface area (Å²) < 4.78 is 4.68. The van der Waals surface area contributed by atoms with Crippen molar-refractivity contribution in [2.75, 3.05) is 6.61 Å². The fourth-order valence-electron chi connectivity index (χ4n) is 0.611. The summed E-state index contributed by atoms with van der Waals surface area (Å²) in [6.07, 6.45) is 0.819. The van der Waals surface area contributed by atoms with Crippen LogP contribution in [0.4, 0.5) is 4.79 Å². The van der Waals surface area contributed by atoms with Crippen LogP contribution in [-0.2, 0) is 9.53 Å². The lowest BCUT2D eigenvalue weighted by Gasteiger charge is -2.20. The molecule has 0 radical (unpaired) electrons. The van der Waals surface area contributed by atoms with Crippen molar-refractivity contribution in [1.29, 1.82) is 0 Å². The highest BCUT2D eigenvalue weighted by Crippen LogP contribution is 1.95. The lowest BCUT2D eigenvalue weighted by molar-refractivity contribution is -0.143. The second-order valence-corrected chi connectivity index (χ2v) is 3.12. The van der Waals surface area contributed by atoms with E-state index in [-0.39, 0.29) is 6.61 Å². The third-order valence-corrected chi connectivity index (χ3v) is 1.54. The molecule has 1 amide bonds. The summed E-state index contributed by atoms with van der Waals surface area (Å²) in [5.41, 5.74) is 3.46. The van der Waals surface area contributed by atoms with Gasteiger partial charge in [-0.2, -0.15) is 0 Å². The molecule has 6 heteroatoms. The average Bonchev–Trinajstić information content (AvgIpc) is 2.03. The van der Waals surface area contributed by atoms with Crippen LogP contribution in [0.5, 0.6) is 0 Å². The fourth-order valence-corrected chi connectivity index (χ4v) is 0.611. The van der Waals surface area contributed by atoms with Gasteiger partial charge in [0.2, 0.25) is 0 Å². The molecule has 0 saturated carbocycles. The number of nitrogens with two attached hydrogens (primary N) is 1. The van der Waals surface area contributed by atoms with Crippen LogP contribution in [0.2, 0.25) is 0 Å². The molecule has 0 saturated heterocycles. The molecular formula is C8H16N2O4. The van der Waals surface area contributed by atoms with Crippen molar-refractivity contribution in [3.63, 3.8) is 0 Å². The van der Waals surface area contributed by atoms with Crippen LogP contribution < -0.4 is 11.1 Å². The first-order valence-electron chi connectivity index (χ1n) is 4.37. The third-order valence-electron chi connectivity index (χ3n) is 1.54. The maximum Gasteiger partial charge on any atom is 0.409 e. The molecule has 0 spiro atoms. The number of amides is 1. The monoisotopic (exact) mass is 204 g/mol. The van der Waals surface area contributed by atoms with E-state index < -0.39 is 17.7 Å². The Balaban J connectivity index is 3.88. The summed E-state index contributed by atoms with van der Waals surface area (Å²) >= 11 is 0. The lowest BCUT2D eigenvalue weighted by atomic mass is 10.2. The Hall–Kier alpha value is -1.30. The van der Waals surface area contributed by atoms with Crippen molar-refractivity contribution in [3.05, 3.63) is 0 Å². The van der Waals surface area contributed by atoms with Crippen LogP contribution in [-0.4, -0.2) is 29.4 Å². The van der Waals surface area contributed by atoms with E-state index in [2.05, 4.69) is 4.74 Å². The van der Waals surface area contributed by atoms with Crippen LogP contribution in [0.1, 0.15) is 26.7 Å². The number of carbonyl (C=O) groups excluding carboxylic acids is 1. The van der Waals surface area contributed by atoms with Crippen molar-refractivity contribution in [2.24, 2.45) is 5.73 Å². The van der Waals surface area contributed by atoms with Gasteiger partial charge in [-0.1, -0.05) is 13.3 Å². The number of carbonyl (C=O) groups is 2. The van der Waals surface area contributed by atoms with Crippen LogP contribution >= 0.6 is 0 Å². The topological polar surface area (TPSA) is 102 Å². The number of nitrogens with one attached hydrogen (secondary N) is 1. The van der Waals surface area contributed by atoms with E-state index in [4.69, 9.17) is 10.8 Å². The molecule has 0 fully saturated rings. The molecule has 0 bridgehead atoms. The van der Waals surface area contributed by atoms with Crippen molar-refractivity contribution >= 4 is 12.1 Å². The number of aliphatic carboxylic acids is 1. The van der Waals surface area contributed by atoms with E-state index in [1.165, 1.54) is 6.92 Å². The van der Waals surface area contributed by atoms with Crippen molar-refractivity contribution in [2.45, 2.75) is 32.4 Å². The van der Waals surface area contributed by atoms with Crippen LogP contribution in [0.15, 0.2) is 0 Å². The molecule has 0 rings (SSSR count). The molecule has 0 aliphatic carbocycles. The lowest BCUT2D eigenvalue weighted by Crippen LogP contribution is -2.59. The predicted molar refractivity (Wildman–Crippen MR) is 49.6 cm³/mol. The average molecular weight is 204 g/mol. The minimum Gasteiger partial charge on any atom is -0.479 e. The van der Waals surface area contributed by atoms with Gasteiger partial charge in [0.05, 0.1) is 6.61 Å².